The van der Waals surface area contributed by atoms with Crippen LogP contribution < -0.4 is 11.1 Å². The summed E-state index contributed by atoms with van der Waals surface area (Å²) in [5.74, 6) is -0.238. The molecule has 0 fully saturated rings. The average molecular weight is 227 g/mol. The van der Waals surface area contributed by atoms with Gasteiger partial charge in [0.1, 0.15) is 0 Å². The molecule has 1 rings (SSSR count). The van der Waals surface area contributed by atoms with Gasteiger partial charge in [-0.25, -0.2) is 4.98 Å². The Balaban J connectivity index is 2.28. The van der Waals surface area contributed by atoms with Gasteiger partial charge in [0.2, 0.25) is 5.91 Å². The summed E-state index contributed by atoms with van der Waals surface area (Å²) in [5.41, 5.74) is 7.99. The molecule has 1 unspecified atom stereocenters. The van der Waals surface area contributed by atoms with Gasteiger partial charge in [-0.2, -0.15) is 0 Å². The molecule has 0 saturated carbocycles. The van der Waals surface area contributed by atoms with Crippen LogP contribution in [0.4, 0.5) is 0 Å². The number of primary amides is 1. The molecule has 15 heavy (non-hydrogen) atoms. The molecule has 1 heterocycles. The van der Waals surface area contributed by atoms with Gasteiger partial charge in [-0.15, -0.1) is 11.3 Å². The van der Waals surface area contributed by atoms with Gasteiger partial charge in [0.05, 0.1) is 11.2 Å². The second-order valence-corrected chi connectivity index (χ2v) is 4.43. The van der Waals surface area contributed by atoms with E-state index < -0.39 is 0 Å². The summed E-state index contributed by atoms with van der Waals surface area (Å²) in [6, 6.07) is 0.297. The van der Waals surface area contributed by atoms with E-state index in [0.29, 0.717) is 12.5 Å². The molecular formula is C10H17N3OS. The monoisotopic (exact) mass is 227 g/mol. The molecule has 84 valence electrons. The molecule has 0 aromatic carbocycles. The lowest BCUT2D eigenvalue weighted by Crippen LogP contribution is -2.21. The zero-order valence-corrected chi connectivity index (χ0v) is 9.93. The van der Waals surface area contributed by atoms with Crippen LogP contribution in [0.2, 0.25) is 0 Å². The van der Waals surface area contributed by atoms with Crippen molar-refractivity contribution in [3.05, 3.63) is 16.1 Å². The van der Waals surface area contributed by atoms with Crippen LogP contribution in [0.15, 0.2) is 5.51 Å². The Labute approximate surface area is 93.9 Å². The van der Waals surface area contributed by atoms with Crippen molar-refractivity contribution >= 4 is 17.2 Å². The number of nitrogens with zero attached hydrogens (tertiary/aromatic N) is 1. The van der Waals surface area contributed by atoms with Gasteiger partial charge in [0.25, 0.3) is 0 Å². The van der Waals surface area contributed by atoms with Crippen LogP contribution in [0.25, 0.3) is 0 Å². The molecule has 4 nitrogen and oxygen atoms in total. The van der Waals surface area contributed by atoms with Gasteiger partial charge in [-0.05, 0) is 26.8 Å². The van der Waals surface area contributed by atoms with Crippen LogP contribution in [-0.2, 0) is 4.79 Å². The van der Waals surface area contributed by atoms with Gasteiger partial charge in [0, 0.05) is 17.3 Å². The van der Waals surface area contributed by atoms with E-state index in [9.17, 15) is 4.79 Å². The van der Waals surface area contributed by atoms with Crippen molar-refractivity contribution in [2.45, 2.75) is 32.7 Å². The minimum absolute atomic E-state index is 0.238. The molecule has 0 radical (unpaired) electrons. The average Bonchev–Trinajstić information content (AvgIpc) is 2.58. The van der Waals surface area contributed by atoms with Crippen LogP contribution in [0, 0.1) is 6.92 Å². The fourth-order valence-electron chi connectivity index (χ4n) is 1.40. The summed E-state index contributed by atoms with van der Waals surface area (Å²) >= 11 is 1.66. The molecule has 1 aromatic heterocycles. The van der Waals surface area contributed by atoms with E-state index in [1.165, 1.54) is 4.88 Å². The van der Waals surface area contributed by atoms with Crippen LogP contribution in [0.1, 0.15) is 36.4 Å². The molecular weight excluding hydrogens is 210 g/mol. The summed E-state index contributed by atoms with van der Waals surface area (Å²) < 4.78 is 0. The Hall–Kier alpha value is -0.940. The highest BCUT2D eigenvalue weighted by molar-refractivity contribution is 7.09. The minimum Gasteiger partial charge on any atom is -0.370 e. The zero-order valence-electron chi connectivity index (χ0n) is 9.12. The Morgan fingerprint density at radius 1 is 1.73 bits per heavy atom. The summed E-state index contributed by atoms with van der Waals surface area (Å²) in [6.45, 7) is 4.92. The summed E-state index contributed by atoms with van der Waals surface area (Å²) in [7, 11) is 0. The molecule has 0 aliphatic heterocycles. The SMILES string of the molecule is Cc1ncsc1C(C)NCCCC(N)=O. The topological polar surface area (TPSA) is 68.0 Å². The summed E-state index contributed by atoms with van der Waals surface area (Å²) in [6.07, 6.45) is 1.24. The second kappa shape index (κ2) is 5.82. The number of thiazole rings is 1. The Morgan fingerprint density at radius 3 is 3.00 bits per heavy atom. The van der Waals surface area contributed by atoms with Crippen molar-refractivity contribution in [1.82, 2.24) is 10.3 Å². The van der Waals surface area contributed by atoms with E-state index in [2.05, 4.69) is 17.2 Å². The van der Waals surface area contributed by atoms with Crippen LogP contribution in [-0.4, -0.2) is 17.4 Å². The molecule has 1 atom stereocenters. The van der Waals surface area contributed by atoms with Crippen molar-refractivity contribution in [2.75, 3.05) is 6.54 Å². The number of amides is 1. The van der Waals surface area contributed by atoms with Crippen molar-refractivity contribution in [3.63, 3.8) is 0 Å². The smallest absolute Gasteiger partial charge is 0.217 e. The van der Waals surface area contributed by atoms with Crippen LogP contribution >= 0.6 is 11.3 Å². The fraction of sp³-hybridized carbons (Fsp3) is 0.600. The molecule has 0 aliphatic rings. The standard InChI is InChI=1S/C10H17N3OS/c1-7(10-8(2)13-6-15-10)12-5-3-4-9(11)14/h6-7,12H,3-5H2,1-2H3,(H2,11,14). The molecule has 3 N–H and O–H groups in total. The Bertz CT molecular complexity index is 324. The number of carbonyl (C=O) groups excluding carboxylic acids is 1. The van der Waals surface area contributed by atoms with Gasteiger partial charge in [-0.3, -0.25) is 4.79 Å². The number of carbonyl (C=O) groups is 1. The van der Waals surface area contributed by atoms with E-state index in [0.717, 1.165) is 18.7 Å². The fourth-order valence-corrected chi connectivity index (χ4v) is 2.24. The highest BCUT2D eigenvalue weighted by Crippen LogP contribution is 2.20. The molecule has 1 amide bonds. The largest absolute Gasteiger partial charge is 0.370 e. The lowest BCUT2D eigenvalue weighted by molar-refractivity contribution is -0.118. The number of hydrogen-bond acceptors (Lipinski definition) is 4. The van der Waals surface area contributed by atoms with E-state index in [1.54, 1.807) is 11.3 Å². The van der Waals surface area contributed by atoms with E-state index in [1.807, 2.05) is 12.4 Å². The molecule has 1 aromatic rings. The minimum atomic E-state index is -0.238. The first kappa shape index (κ1) is 12.1. The van der Waals surface area contributed by atoms with E-state index in [4.69, 9.17) is 5.73 Å². The van der Waals surface area contributed by atoms with Crippen molar-refractivity contribution in [1.29, 1.82) is 0 Å². The highest BCUT2D eigenvalue weighted by atomic mass is 32.1. The zero-order chi connectivity index (χ0) is 11.3. The predicted molar refractivity (Wildman–Crippen MR) is 61.7 cm³/mol. The van der Waals surface area contributed by atoms with Crippen molar-refractivity contribution < 1.29 is 4.79 Å². The van der Waals surface area contributed by atoms with Gasteiger partial charge in [-0.1, -0.05) is 0 Å². The third kappa shape index (κ3) is 3.97. The predicted octanol–water partition coefficient (Wildman–Crippen LogP) is 1.37. The number of aryl methyl sites for hydroxylation is 1. The number of aromatic nitrogens is 1. The molecule has 0 spiro atoms. The van der Waals surface area contributed by atoms with Crippen LogP contribution in [0.5, 0.6) is 0 Å². The van der Waals surface area contributed by atoms with Crippen molar-refractivity contribution in [3.8, 4) is 0 Å². The first-order chi connectivity index (χ1) is 7.11. The Kier molecular flexibility index (Phi) is 4.71. The van der Waals surface area contributed by atoms with E-state index in [-0.39, 0.29) is 5.91 Å². The normalized spacial score (nSPS) is 12.7. The first-order valence-electron chi connectivity index (χ1n) is 5.03. The maximum Gasteiger partial charge on any atom is 0.217 e. The molecule has 0 bridgehead atoms. The van der Waals surface area contributed by atoms with E-state index >= 15 is 0 Å². The number of nitrogens with one attached hydrogen (secondary N) is 1. The lowest BCUT2D eigenvalue weighted by Gasteiger charge is -2.12. The number of rotatable bonds is 6. The molecule has 0 aliphatic carbocycles. The maximum atomic E-state index is 10.5. The third-order valence-corrected chi connectivity index (χ3v) is 3.34. The Morgan fingerprint density at radius 2 is 2.47 bits per heavy atom. The number of hydrogen-bond donors (Lipinski definition) is 2. The van der Waals surface area contributed by atoms with Crippen LogP contribution in [0.3, 0.4) is 0 Å². The van der Waals surface area contributed by atoms with Gasteiger partial charge in [0.15, 0.2) is 0 Å². The van der Waals surface area contributed by atoms with Crippen molar-refractivity contribution in [2.24, 2.45) is 5.73 Å². The number of nitrogens with two attached hydrogens (primary N) is 1. The highest BCUT2D eigenvalue weighted by Gasteiger charge is 2.09. The summed E-state index contributed by atoms with van der Waals surface area (Å²) in [5, 5.41) is 3.34. The summed E-state index contributed by atoms with van der Waals surface area (Å²) in [4.78, 5) is 16.0. The van der Waals surface area contributed by atoms with Gasteiger partial charge < -0.3 is 11.1 Å². The maximum absolute atomic E-state index is 10.5. The third-order valence-electron chi connectivity index (χ3n) is 2.23. The quantitative estimate of drug-likeness (QED) is 0.721. The van der Waals surface area contributed by atoms with Gasteiger partial charge >= 0.3 is 0 Å². The first-order valence-corrected chi connectivity index (χ1v) is 5.91. The molecule has 0 saturated heterocycles. The lowest BCUT2D eigenvalue weighted by atomic mass is 10.2. The second-order valence-electron chi connectivity index (χ2n) is 3.55. The molecule has 5 heteroatoms.